The lowest BCUT2D eigenvalue weighted by Crippen LogP contribution is -2.64. The third-order valence-electron chi connectivity index (χ3n) is 11.9. The zero-order valence-corrected chi connectivity index (χ0v) is 21.2. The van der Waals surface area contributed by atoms with Gasteiger partial charge in [-0.3, -0.25) is 9.59 Å². The molecule has 6 fully saturated rings. The number of Topliss-reactive ketones (excluding diaryl/α,β-unsaturated/α-hetero) is 1. The van der Waals surface area contributed by atoms with Gasteiger partial charge in [0.15, 0.2) is 11.9 Å². The van der Waals surface area contributed by atoms with Crippen molar-refractivity contribution in [3.8, 4) is 0 Å². The Bertz CT molecular complexity index is 1240. The van der Waals surface area contributed by atoms with Gasteiger partial charge in [-0.1, -0.05) is 20.8 Å². The summed E-state index contributed by atoms with van der Waals surface area (Å²) in [7, 11) is 1.17. The van der Waals surface area contributed by atoms with Crippen molar-refractivity contribution in [2.45, 2.75) is 81.6 Å². The molecule has 2 bridgehead atoms. The first-order valence-electron chi connectivity index (χ1n) is 12.9. The van der Waals surface area contributed by atoms with Crippen molar-refractivity contribution in [1.29, 1.82) is 0 Å². The maximum atomic E-state index is 14.0. The molecule has 4 saturated carbocycles. The minimum Gasteiger partial charge on any atom is -0.472 e. The Hall–Kier alpha value is -2.27. The number of esters is 2. The van der Waals surface area contributed by atoms with E-state index >= 15 is 0 Å². The molecule has 1 aromatic rings. The molecule has 2 spiro atoms. The van der Waals surface area contributed by atoms with Crippen LogP contribution in [0.2, 0.25) is 0 Å². The number of furan rings is 1. The Balaban J connectivity index is 1.45. The van der Waals surface area contributed by atoms with Crippen LogP contribution in [0, 0.1) is 34.0 Å². The Kier molecular flexibility index (Phi) is 4.17. The van der Waals surface area contributed by atoms with Crippen LogP contribution in [0.4, 0.5) is 0 Å². The first-order chi connectivity index (χ1) is 17.3. The van der Waals surface area contributed by atoms with Crippen molar-refractivity contribution in [1.82, 2.24) is 0 Å². The fourth-order valence-electron chi connectivity index (χ4n) is 10.6. The second-order valence-corrected chi connectivity index (χ2v) is 12.9. The molecule has 3 heterocycles. The molecule has 7 rings (SSSR count). The van der Waals surface area contributed by atoms with Crippen LogP contribution in [0.5, 0.6) is 0 Å². The van der Waals surface area contributed by atoms with E-state index in [1.54, 1.807) is 19.9 Å². The van der Waals surface area contributed by atoms with Crippen LogP contribution in [0.3, 0.4) is 0 Å². The summed E-state index contributed by atoms with van der Waals surface area (Å²) in [6, 6.07) is 1.74. The highest BCUT2D eigenvalue weighted by molar-refractivity contribution is 5.93. The van der Waals surface area contributed by atoms with Crippen molar-refractivity contribution in [2.24, 2.45) is 34.0 Å². The van der Waals surface area contributed by atoms with E-state index in [-0.39, 0.29) is 12.8 Å². The van der Waals surface area contributed by atoms with Gasteiger partial charge in [0, 0.05) is 33.6 Å². The van der Waals surface area contributed by atoms with E-state index in [9.17, 15) is 29.7 Å². The normalized spacial score (nSPS) is 55.6. The van der Waals surface area contributed by atoms with Gasteiger partial charge in [0.1, 0.15) is 23.4 Å². The number of ketones is 1. The monoisotopic (exact) mass is 516 g/mol. The van der Waals surface area contributed by atoms with E-state index in [4.69, 9.17) is 18.6 Å². The average molecular weight is 517 g/mol. The molecule has 37 heavy (non-hydrogen) atoms. The van der Waals surface area contributed by atoms with Crippen LogP contribution in [0.1, 0.15) is 58.1 Å². The molecular weight excluding hydrogens is 484 g/mol. The van der Waals surface area contributed by atoms with Gasteiger partial charge in [-0.2, -0.15) is 0 Å². The number of carbonyl (C=O) groups excluding carboxylic acids is 3. The molecule has 10 heteroatoms. The smallest absolute Gasteiger partial charge is 0.335 e. The fourth-order valence-corrected chi connectivity index (χ4v) is 10.6. The van der Waals surface area contributed by atoms with Crippen molar-refractivity contribution >= 4 is 17.7 Å². The summed E-state index contributed by atoms with van der Waals surface area (Å²) < 4.78 is 22.7. The zero-order chi connectivity index (χ0) is 26.6. The lowest BCUT2D eigenvalue weighted by atomic mass is 9.48. The highest BCUT2D eigenvalue weighted by atomic mass is 16.7. The number of carbonyl (C=O) groups is 3. The first-order valence-corrected chi connectivity index (χ1v) is 12.9. The molecule has 1 aromatic heterocycles. The van der Waals surface area contributed by atoms with Gasteiger partial charge in [-0.25, -0.2) is 4.79 Å². The quantitative estimate of drug-likeness (QED) is 0.392. The number of hydrogen-bond donors (Lipinski definition) is 3. The van der Waals surface area contributed by atoms with Crippen molar-refractivity contribution < 1.29 is 48.3 Å². The number of epoxide rings is 1. The second-order valence-electron chi connectivity index (χ2n) is 12.9. The van der Waals surface area contributed by atoms with E-state index in [2.05, 4.69) is 0 Å². The van der Waals surface area contributed by atoms with Crippen molar-refractivity contribution in [2.75, 3.05) is 7.11 Å². The minimum atomic E-state index is -1.66. The molecule has 0 radical (unpaired) electrons. The number of ether oxygens (including phenoxy) is 3. The Morgan fingerprint density at radius 3 is 2.62 bits per heavy atom. The third-order valence-corrected chi connectivity index (χ3v) is 11.9. The van der Waals surface area contributed by atoms with Crippen LogP contribution in [0.15, 0.2) is 23.0 Å². The molecule has 2 aliphatic heterocycles. The largest absolute Gasteiger partial charge is 0.472 e. The van der Waals surface area contributed by atoms with Gasteiger partial charge in [-0.15, -0.1) is 0 Å². The highest BCUT2D eigenvalue weighted by Gasteiger charge is 2.99. The zero-order valence-electron chi connectivity index (χ0n) is 21.2. The molecule has 2 saturated heterocycles. The maximum absolute atomic E-state index is 14.0. The molecule has 4 aliphatic carbocycles. The van der Waals surface area contributed by atoms with Crippen molar-refractivity contribution in [3.05, 3.63) is 24.2 Å². The number of aliphatic hydroxyl groups excluding tert-OH is 2. The summed E-state index contributed by atoms with van der Waals surface area (Å²) in [6.45, 7) is 5.44. The van der Waals surface area contributed by atoms with Gasteiger partial charge >= 0.3 is 11.9 Å². The number of methoxy groups -OCH3 is 1. The topological polar surface area (TPSA) is 156 Å². The van der Waals surface area contributed by atoms with Crippen LogP contribution in [0.25, 0.3) is 0 Å². The summed E-state index contributed by atoms with van der Waals surface area (Å²) in [5.41, 5.74) is -6.52. The van der Waals surface area contributed by atoms with Gasteiger partial charge in [0.25, 0.3) is 0 Å². The van der Waals surface area contributed by atoms with Gasteiger partial charge in [0.05, 0.1) is 37.6 Å². The number of hydrogen-bond acceptors (Lipinski definition) is 10. The Morgan fingerprint density at radius 1 is 1.24 bits per heavy atom. The van der Waals surface area contributed by atoms with E-state index in [1.807, 2.05) is 6.92 Å². The predicted octanol–water partition coefficient (Wildman–Crippen LogP) is 1.06. The molecule has 0 amide bonds. The van der Waals surface area contributed by atoms with Crippen molar-refractivity contribution in [3.63, 3.8) is 0 Å². The van der Waals surface area contributed by atoms with E-state index in [0.29, 0.717) is 18.4 Å². The Labute approximate surface area is 213 Å². The summed E-state index contributed by atoms with van der Waals surface area (Å²) in [4.78, 5) is 39.8. The van der Waals surface area contributed by atoms with Crippen LogP contribution >= 0.6 is 0 Å². The Morgan fingerprint density at radius 2 is 1.97 bits per heavy atom. The van der Waals surface area contributed by atoms with Gasteiger partial charge < -0.3 is 33.9 Å². The average Bonchev–Trinajstić information content (AvgIpc) is 3.11. The number of cyclic esters (lactones) is 1. The van der Waals surface area contributed by atoms with E-state index in [0.717, 1.165) is 0 Å². The SMILES string of the molecule is COC(=O)[C@@H](O)[C@H]1[C@@]2(C)C[C@]3(O)C(C(=O)[C@H]2O)C24O[C@]25CC(=O)O[C@@H](c2ccoc2)[C@]5(C)CC[C@@H]4[C@]13C. The van der Waals surface area contributed by atoms with Gasteiger partial charge in [-0.05, 0) is 25.3 Å². The first kappa shape index (κ1) is 23.8. The molecular formula is C27H32O10. The molecule has 12 atom stereocenters. The van der Waals surface area contributed by atoms with Gasteiger partial charge in [0.2, 0.25) is 0 Å². The molecule has 6 aliphatic rings. The molecule has 3 N–H and O–H groups in total. The van der Waals surface area contributed by atoms with Crippen LogP contribution in [-0.4, -0.2) is 69.2 Å². The number of rotatable bonds is 3. The maximum Gasteiger partial charge on any atom is 0.335 e. The standard InChI is InChI=1S/C27H32O10/c1-22-11-25(33)18(15(29)19(22)31)27-13(24(25,3)17(22)16(30)21(32)34-4)5-7-23(2)20(12-6-8-35-10-12)36-14(28)9-26(23,27)37-27/h6,8,10,13,16-20,30-31,33H,5,7,9,11H2,1-4H3/t13-,16+,17+,18?,19-,20+,22-,23+,24-,25+,26+,27?/m1/s1. The molecule has 0 aromatic carbocycles. The minimum absolute atomic E-state index is 0.0107. The van der Waals surface area contributed by atoms with Crippen LogP contribution in [-0.2, 0) is 28.6 Å². The fraction of sp³-hybridized carbons (Fsp3) is 0.741. The summed E-state index contributed by atoms with van der Waals surface area (Å²) in [6.07, 6.45) is 0.133. The summed E-state index contributed by atoms with van der Waals surface area (Å²) in [5.74, 6) is -4.48. The highest BCUT2D eigenvalue weighted by Crippen LogP contribution is 2.88. The molecule has 2 unspecified atom stereocenters. The van der Waals surface area contributed by atoms with E-state index < -0.39 is 86.8 Å². The lowest BCUT2D eigenvalue weighted by molar-refractivity contribution is -0.185. The van der Waals surface area contributed by atoms with Crippen LogP contribution < -0.4 is 0 Å². The van der Waals surface area contributed by atoms with E-state index in [1.165, 1.54) is 19.6 Å². The number of fused-ring (bicyclic) bond motifs is 2. The molecule has 200 valence electrons. The third kappa shape index (κ3) is 2.11. The predicted molar refractivity (Wildman–Crippen MR) is 121 cm³/mol. The molecule has 10 nitrogen and oxygen atoms in total. The summed E-state index contributed by atoms with van der Waals surface area (Å²) in [5, 5.41) is 35.2. The summed E-state index contributed by atoms with van der Waals surface area (Å²) >= 11 is 0. The second kappa shape index (κ2) is 6.47. The lowest BCUT2D eigenvalue weighted by Gasteiger charge is -2.54. The number of aliphatic hydroxyl groups is 3.